The zero-order valence-corrected chi connectivity index (χ0v) is 16.7. The molecule has 0 spiro atoms. The number of furan rings is 1. The average Bonchev–Trinajstić information content (AvgIpc) is 3.24. The van der Waals surface area contributed by atoms with Gasteiger partial charge >= 0.3 is 0 Å². The van der Waals surface area contributed by atoms with E-state index in [9.17, 15) is 14.7 Å². The fraction of sp³-hybridized carbons (Fsp3) is 0.714. The van der Waals surface area contributed by atoms with E-state index >= 15 is 0 Å². The van der Waals surface area contributed by atoms with Crippen molar-refractivity contribution < 1.29 is 19.1 Å². The predicted molar refractivity (Wildman–Crippen MR) is 104 cm³/mol. The van der Waals surface area contributed by atoms with Gasteiger partial charge in [0.1, 0.15) is 5.76 Å². The van der Waals surface area contributed by atoms with Crippen LogP contribution in [-0.4, -0.2) is 35.6 Å². The van der Waals surface area contributed by atoms with Crippen molar-refractivity contribution in [3.8, 4) is 0 Å². The summed E-state index contributed by atoms with van der Waals surface area (Å²) in [4.78, 5) is 25.0. The van der Waals surface area contributed by atoms with Crippen LogP contribution in [-0.2, 0) is 9.59 Å². The molecule has 2 amide bonds. The fourth-order valence-corrected chi connectivity index (χ4v) is 3.75. The van der Waals surface area contributed by atoms with Crippen molar-refractivity contribution in [2.24, 2.45) is 11.8 Å². The van der Waals surface area contributed by atoms with Gasteiger partial charge in [0, 0.05) is 12.6 Å². The van der Waals surface area contributed by atoms with Crippen LogP contribution in [0.5, 0.6) is 0 Å². The van der Waals surface area contributed by atoms with Crippen LogP contribution in [0.2, 0.25) is 0 Å². The van der Waals surface area contributed by atoms with Crippen molar-refractivity contribution in [1.82, 2.24) is 10.6 Å². The minimum absolute atomic E-state index is 0.110. The zero-order valence-electron chi connectivity index (χ0n) is 16.7. The van der Waals surface area contributed by atoms with Crippen LogP contribution in [0.4, 0.5) is 0 Å². The Bertz CT molecular complexity index is 581. The number of rotatable bonds is 9. The molecule has 0 bridgehead atoms. The molecule has 0 aliphatic heterocycles. The second-order valence-corrected chi connectivity index (χ2v) is 7.76. The number of nitrogens with one attached hydrogen (secondary N) is 2. The van der Waals surface area contributed by atoms with E-state index in [0.29, 0.717) is 24.6 Å². The van der Waals surface area contributed by atoms with Gasteiger partial charge in [-0.05, 0) is 44.2 Å². The SMILES string of the molecule is CCC(O)C(C)C(=O)NC(CNC(=O)C(C)c1ccco1)C1CCCCC1. The Labute approximate surface area is 162 Å². The molecular formula is C21H34N2O4. The summed E-state index contributed by atoms with van der Waals surface area (Å²) in [5.41, 5.74) is 0. The number of amides is 2. The summed E-state index contributed by atoms with van der Waals surface area (Å²) in [7, 11) is 0. The topological polar surface area (TPSA) is 91.6 Å². The predicted octanol–water partition coefficient (Wildman–Crippen LogP) is 2.97. The van der Waals surface area contributed by atoms with E-state index in [1.807, 2.05) is 13.8 Å². The Morgan fingerprint density at radius 2 is 1.93 bits per heavy atom. The third-order valence-corrected chi connectivity index (χ3v) is 5.81. The summed E-state index contributed by atoms with van der Waals surface area (Å²) in [5.74, 6) is -0.101. The van der Waals surface area contributed by atoms with Crippen molar-refractivity contribution in [3.63, 3.8) is 0 Å². The van der Waals surface area contributed by atoms with E-state index in [0.717, 1.165) is 25.7 Å². The maximum absolute atomic E-state index is 12.6. The van der Waals surface area contributed by atoms with Gasteiger partial charge in [0.25, 0.3) is 0 Å². The van der Waals surface area contributed by atoms with Gasteiger partial charge in [0.2, 0.25) is 11.8 Å². The lowest BCUT2D eigenvalue weighted by Crippen LogP contribution is -2.51. The Kier molecular flexibility index (Phi) is 8.35. The van der Waals surface area contributed by atoms with Crippen molar-refractivity contribution in [3.05, 3.63) is 24.2 Å². The quantitative estimate of drug-likeness (QED) is 0.616. The number of aliphatic hydroxyl groups excluding tert-OH is 1. The van der Waals surface area contributed by atoms with Gasteiger partial charge in [-0.15, -0.1) is 0 Å². The lowest BCUT2D eigenvalue weighted by atomic mass is 9.83. The summed E-state index contributed by atoms with van der Waals surface area (Å²) in [6.07, 6.45) is 7.10. The molecule has 4 atom stereocenters. The van der Waals surface area contributed by atoms with E-state index in [-0.39, 0.29) is 23.8 Å². The third kappa shape index (κ3) is 6.09. The smallest absolute Gasteiger partial charge is 0.230 e. The standard InChI is InChI=1S/C21H34N2O4/c1-4-18(24)14(2)21(26)23-17(16-9-6-5-7-10-16)13-22-20(25)15(3)19-11-8-12-27-19/h8,11-12,14-18,24H,4-7,9-10,13H2,1-3H3,(H,22,25)(H,23,26). The normalized spacial score (nSPS) is 19.7. The molecule has 1 heterocycles. The van der Waals surface area contributed by atoms with Crippen molar-refractivity contribution in [2.75, 3.05) is 6.54 Å². The maximum Gasteiger partial charge on any atom is 0.230 e. The molecule has 4 unspecified atom stereocenters. The first-order valence-corrected chi connectivity index (χ1v) is 10.2. The van der Waals surface area contributed by atoms with E-state index in [2.05, 4.69) is 10.6 Å². The van der Waals surface area contributed by atoms with Crippen LogP contribution < -0.4 is 10.6 Å². The van der Waals surface area contributed by atoms with Gasteiger partial charge in [-0.2, -0.15) is 0 Å². The van der Waals surface area contributed by atoms with E-state index < -0.39 is 12.0 Å². The summed E-state index contributed by atoms with van der Waals surface area (Å²) < 4.78 is 5.32. The van der Waals surface area contributed by atoms with Crippen molar-refractivity contribution in [1.29, 1.82) is 0 Å². The lowest BCUT2D eigenvalue weighted by Gasteiger charge is -2.32. The molecule has 0 aromatic carbocycles. The maximum atomic E-state index is 12.6. The second kappa shape index (κ2) is 10.5. The van der Waals surface area contributed by atoms with Crippen LogP contribution in [0.25, 0.3) is 0 Å². The summed E-state index contributed by atoms with van der Waals surface area (Å²) in [6, 6.07) is 3.44. The highest BCUT2D eigenvalue weighted by molar-refractivity contribution is 5.83. The summed E-state index contributed by atoms with van der Waals surface area (Å²) in [6.45, 7) is 5.82. The summed E-state index contributed by atoms with van der Waals surface area (Å²) >= 11 is 0. The second-order valence-electron chi connectivity index (χ2n) is 7.76. The van der Waals surface area contributed by atoms with Crippen LogP contribution >= 0.6 is 0 Å². The van der Waals surface area contributed by atoms with Crippen molar-refractivity contribution >= 4 is 11.8 Å². The molecule has 1 fully saturated rings. The molecule has 0 saturated heterocycles. The Morgan fingerprint density at radius 1 is 1.22 bits per heavy atom. The van der Waals surface area contributed by atoms with E-state index in [1.54, 1.807) is 25.3 Å². The van der Waals surface area contributed by atoms with Gasteiger partial charge in [0.15, 0.2) is 0 Å². The molecule has 152 valence electrons. The van der Waals surface area contributed by atoms with Gasteiger partial charge in [0.05, 0.1) is 24.2 Å². The molecule has 0 radical (unpaired) electrons. The first-order chi connectivity index (χ1) is 12.9. The van der Waals surface area contributed by atoms with Crippen LogP contribution in [0, 0.1) is 11.8 Å². The Hall–Kier alpha value is -1.82. The number of aliphatic hydroxyl groups is 1. The minimum atomic E-state index is -0.648. The van der Waals surface area contributed by atoms with Crippen LogP contribution in [0.15, 0.2) is 22.8 Å². The largest absolute Gasteiger partial charge is 0.469 e. The first-order valence-electron chi connectivity index (χ1n) is 10.2. The first kappa shape index (κ1) is 21.5. The fourth-order valence-electron chi connectivity index (χ4n) is 3.75. The molecular weight excluding hydrogens is 344 g/mol. The van der Waals surface area contributed by atoms with Gasteiger partial charge in [-0.25, -0.2) is 0 Å². The van der Waals surface area contributed by atoms with Gasteiger partial charge < -0.3 is 20.2 Å². The monoisotopic (exact) mass is 378 g/mol. The average molecular weight is 379 g/mol. The highest BCUT2D eigenvalue weighted by Crippen LogP contribution is 2.27. The summed E-state index contributed by atoms with van der Waals surface area (Å²) in [5, 5.41) is 16.0. The molecule has 27 heavy (non-hydrogen) atoms. The number of hydrogen-bond acceptors (Lipinski definition) is 4. The molecule has 6 heteroatoms. The highest BCUT2D eigenvalue weighted by atomic mass is 16.3. The van der Waals surface area contributed by atoms with Crippen LogP contribution in [0.3, 0.4) is 0 Å². The third-order valence-electron chi connectivity index (χ3n) is 5.81. The molecule has 2 rings (SSSR count). The number of hydrogen-bond donors (Lipinski definition) is 3. The Morgan fingerprint density at radius 3 is 2.52 bits per heavy atom. The van der Waals surface area contributed by atoms with E-state index in [1.165, 1.54) is 6.42 Å². The molecule has 1 saturated carbocycles. The molecule has 1 aromatic heterocycles. The van der Waals surface area contributed by atoms with Gasteiger partial charge in [-0.3, -0.25) is 9.59 Å². The molecule has 6 nitrogen and oxygen atoms in total. The highest BCUT2D eigenvalue weighted by Gasteiger charge is 2.29. The van der Waals surface area contributed by atoms with Crippen molar-refractivity contribution in [2.45, 2.75) is 77.4 Å². The zero-order chi connectivity index (χ0) is 19.8. The number of carbonyl (C=O) groups is 2. The molecule has 1 aliphatic carbocycles. The van der Waals surface area contributed by atoms with Gasteiger partial charge in [-0.1, -0.05) is 33.1 Å². The Balaban J connectivity index is 1.97. The minimum Gasteiger partial charge on any atom is -0.469 e. The molecule has 3 N–H and O–H groups in total. The molecule has 1 aliphatic rings. The van der Waals surface area contributed by atoms with Crippen LogP contribution in [0.1, 0.15) is 71.0 Å². The lowest BCUT2D eigenvalue weighted by molar-refractivity contribution is -0.129. The number of carbonyl (C=O) groups excluding carboxylic acids is 2. The molecule has 1 aromatic rings. The van der Waals surface area contributed by atoms with E-state index in [4.69, 9.17) is 4.42 Å².